The van der Waals surface area contributed by atoms with Gasteiger partial charge in [0.15, 0.2) is 0 Å². The molecule has 0 aromatic heterocycles. The topological polar surface area (TPSA) is 87.7 Å². The van der Waals surface area contributed by atoms with E-state index in [-0.39, 0.29) is 11.8 Å². The summed E-state index contributed by atoms with van der Waals surface area (Å²) in [6, 6.07) is 5.51. The average Bonchev–Trinajstić information content (AvgIpc) is 2.89. The number of carbonyl (C=O) groups is 3. The summed E-state index contributed by atoms with van der Waals surface area (Å²) in [6.45, 7) is 10.5. The van der Waals surface area contributed by atoms with E-state index < -0.39 is 23.8 Å². The number of benzene rings is 1. The number of terminal acetylenes is 1. The van der Waals surface area contributed by atoms with Gasteiger partial charge in [-0.1, -0.05) is 70.1 Å². The van der Waals surface area contributed by atoms with Gasteiger partial charge >= 0.3 is 6.09 Å². The van der Waals surface area contributed by atoms with Crippen LogP contribution in [0.2, 0.25) is 0 Å². The number of rotatable bonds is 17. The van der Waals surface area contributed by atoms with E-state index in [1.54, 1.807) is 43.5 Å². The number of nitrogens with one attached hydrogen (secondary N) is 2. The molecule has 2 unspecified atom stereocenters. The fourth-order valence-corrected chi connectivity index (χ4v) is 4.69. The third-order valence-electron chi connectivity index (χ3n) is 6.19. The second-order valence-corrected chi connectivity index (χ2v) is 11.7. The molecule has 218 valence electrons. The first kappa shape index (κ1) is 34.4. The molecule has 0 aliphatic heterocycles. The number of hydrogen-bond acceptors (Lipinski definition) is 5. The Labute approximate surface area is 240 Å². The third kappa shape index (κ3) is 12.8. The Balaban J connectivity index is 3.49. The lowest BCUT2D eigenvalue weighted by Gasteiger charge is -2.35. The third-order valence-corrected chi connectivity index (χ3v) is 6.83. The van der Waals surface area contributed by atoms with Crippen molar-refractivity contribution in [3.05, 3.63) is 35.4 Å². The molecule has 0 bridgehead atoms. The molecule has 0 heterocycles. The van der Waals surface area contributed by atoms with Crippen molar-refractivity contribution in [1.82, 2.24) is 15.5 Å². The van der Waals surface area contributed by atoms with Crippen LogP contribution in [0.15, 0.2) is 24.3 Å². The predicted octanol–water partition coefficient (Wildman–Crippen LogP) is 6.07. The van der Waals surface area contributed by atoms with Crippen molar-refractivity contribution in [2.24, 2.45) is 0 Å². The Morgan fingerprint density at radius 1 is 1.05 bits per heavy atom. The van der Waals surface area contributed by atoms with Gasteiger partial charge in [-0.3, -0.25) is 9.59 Å². The summed E-state index contributed by atoms with van der Waals surface area (Å²) < 4.78 is 5.46. The summed E-state index contributed by atoms with van der Waals surface area (Å²) in [6.07, 6.45) is 14.2. The molecule has 0 saturated carbocycles. The summed E-state index contributed by atoms with van der Waals surface area (Å²) in [4.78, 5) is 42.3. The highest BCUT2D eigenvalue weighted by Gasteiger charge is 2.36. The fourth-order valence-electron chi connectivity index (χ4n) is 4.22. The smallest absolute Gasteiger partial charge is 0.408 e. The molecule has 1 aromatic carbocycles. The first-order valence-electron chi connectivity index (χ1n) is 14.2. The quantitative estimate of drug-likeness (QED) is 0.179. The standard InChI is InChI=1S/C31H49N3O4S/c1-8-11-13-17-22-34(29(36)26(20-23-39-7)33-30(37)38-31(4,5)6)27(28(35)32-21-16-12-9-2)25-19-15-14-18-24(25)10-3/h3,14-15,18-19,26-27H,8-9,11-13,16-17,20-23H2,1-2,4-7H3,(H,32,35)(H,33,37). The van der Waals surface area contributed by atoms with Gasteiger partial charge in [-0.05, 0) is 63.7 Å². The van der Waals surface area contributed by atoms with Crippen LogP contribution in [-0.2, 0) is 14.3 Å². The maximum atomic E-state index is 14.2. The average molecular weight is 560 g/mol. The second-order valence-electron chi connectivity index (χ2n) is 10.7. The van der Waals surface area contributed by atoms with Gasteiger partial charge < -0.3 is 20.3 Å². The zero-order chi connectivity index (χ0) is 29.3. The normalized spacial score (nSPS) is 12.6. The van der Waals surface area contributed by atoms with E-state index in [9.17, 15) is 14.4 Å². The number of unbranched alkanes of at least 4 members (excludes halogenated alkanes) is 5. The Kier molecular flexibility index (Phi) is 16.4. The van der Waals surface area contributed by atoms with Crippen LogP contribution in [0.1, 0.15) is 103 Å². The molecule has 1 aromatic rings. The number of hydrogen-bond donors (Lipinski definition) is 2. The van der Waals surface area contributed by atoms with Crippen molar-refractivity contribution in [1.29, 1.82) is 0 Å². The molecule has 0 fully saturated rings. The van der Waals surface area contributed by atoms with Crippen molar-refractivity contribution < 1.29 is 19.1 Å². The maximum absolute atomic E-state index is 14.2. The zero-order valence-electron chi connectivity index (χ0n) is 24.8. The van der Waals surface area contributed by atoms with Crippen LogP contribution in [0.3, 0.4) is 0 Å². The van der Waals surface area contributed by atoms with Crippen molar-refractivity contribution in [3.63, 3.8) is 0 Å². The Bertz CT molecular complexity index is 938. The van der Waals surface area contributed by atoms with Gasteiger partial charge in [-0.15, -0.1) is 6.42 Å². The first-order valence-corrected chi connectivity index (χ1v) is 15.6. The zero-order valence-corrected chi connectivity index (χ0v) is 25.6. The van der Waals surface area contributed by atoms with Gasteiger partial charge in [0, 0.05) is 18.7 Å². The lowest BCUT2D eigenvalue weighted by Crippen LogP contribution is -2.53. The number of nitrogens with zero attached hydrogens (tertiary/aromatic N) is 1. The van der Waals surface area contributed by atoms with Crippen LogP contribution in [0, 0.1) is 12.3 Å². The number of thioether (sulfide) groups is 1. The van der Waals surface area contributed by atoms with Gasteiger partial charge in [0.05, 0.1) is 0 Å². The van der Waals surface area contributed by atoms with Gasteiger partial charge in [-0.25, -0.2) is 4.79 Å². The van der Waals surface area contributed by atoms with Gasteiger partial charge in [0.2, 0.25) is 11.8 Å². The summed E-state index contributed by atoms with van der Waals surface area (Å²) in [5.41, 5.74) is 0.472. The molecule has 39 heavy (non-hydrogen) atoms. The fraction of sp³-hybridized carbons (Fsp3) is 0.645. The van der Waals surface area contributed by atoms with Crippen molar-refractivity contribution in [2.75, 3.05) is 25.1 Å². The van der Waals surface area contributed by atoms with Crippen LogP contribution < -0.4 is 10.6 Å². The van der Waals surface area contributed by atoms with Crippen molar-refractivity contribution >= 4 is 29.7 Å². The molecule has 0 aliphatic rings. The Morgan fingerprint density at radius 3 is 2.33 bits per heavy atom. The highest BCUT2D eigenvalue weighted by molar-refractivity contribution is 7.98. The SMILES string of the molecule is C#Cc1ccccc1C(C(=O)NCCCCC)N(CCCCCC)C(=O)C(CCSC)NC(=O)OC(C)(C)C. The minimum Gasteiger partial charge on any atom is -0.444 e. The minimum absolute atomic E-state index is 0.265. The Morgan fingerprint density at radius 2 is 1.72 bits per heavy atom. The minimum atomic E-state index is -0.912. The summed E-state index contributed by atoms with van der Waals surface area (Å²) in [7, 11) is 0. The molecular weight excluding hydrogens is 510 g/mol. The lowest BCUT2D eigenvalue weighted by molar-refractivity contribution is -0.142. The summed E-state index contributed by atoms with van der Waals surface area (Å²) >= 11 is 1.59. The number of alkyl carbamates (subject to hydrolysis) is 1. The maximum Gasteiger partial charge on any atom is 0.408 e. The molecular formula is C31H49N3O4S. The van der Waals surface area contributed by atoms with E-state index in [0.717, 1.165) is 44.9 Å². The van der Waals surface area contributed by atoms with Crippen LogP contribution in [-0.4, -0.2) is 59.5 Å². The van der Waals surface area contributed by atoms with Gasteiger partial charge in [0.1, 0.15) is 17.7 Å². The summed E-state index contributed by atoms with van der Waals surface area (Å²) in [5.74, 6) is 2.77. The highest BCUT2D eigenvalue weighted by Crippen LogP contribution is 2.27. The summed E-state index contributed by atoms with van der Waals surface area (Å²) in [5, 5.41) is 5.83. The largest absolute Gasteiger partial charge is 0.444 e. The van der Waals surface area contributed by atoms with Crippen molar-refractivity contribution in [2.45, 2.75) is 104 Å². The van der Waals surface area contributed by atoms with Crippen LogP contribution >= 0.6 is 11.8 Å². The molecule has 3 amide bonds. The van der Waals surface area contributed by atoms with E-state index in [4.69, 9.17) is 11.2 Å². The number of amides is 3. The Hall–Kier alpha value is -2.66. The van der Waals surface area contributed by atoms with Crippen LogP contribution in [0.25, 0.3) is 0 Å². The van der Waals surface area contributed by atoms with E-state index in [0.29, 0.717) is 36.4 Å². The molecule has 0 radical (unpaired) electrons. The molecule has 2 N–H and O–H groups in total. The van der Waals surface area contributed by atoms with E-state index >= 15 is 0 Å². The van der Waals surface area contributed by atoms with E-state index in [1.165, 1.54) is 0 Å². The van der Waals surface area contributed by atoms with Crippen LogP contribution in [0.5, 0.6) is 0 Å². The number of carbonyl (C=O) groups excluding carboxylic acids is 3. The monoisotopic (exact) mass is 559 g/mol. The molecule has 8 heteroatoms. The molecule has 0 spiro atoms. The second kappa shape index (κ2) is 18.6. The van der Waals surface area contributed by atoms with E-state index in [2.05, 4.69) is 30.4 Å². The molecule has 1 rings (SSSR count). The highest BCUT2D eigenvalue weighted by atomic mass is 32.2. The molecule has 0 saturated heterocycles. The lowest BCUT2D eigenvalue weighted by atomic mass is 9.96. The van der Waals surface area contributed by atoms with Gasteiger partial charge in [-0.2, -0.15) is 11.8 Å². The molecule has 2 atom stereocenters. The molecule has 7 nitrogen and oxygen atoms in total. The van der Waals surface area contributed by atoms with Crippen LogP contribution in [0.4, 0.5) is 4.79 Å². The predicted molar refractivity (Wildman–Crippen MR) is 162 cm³/mol. The first-order chi connectivity index (χ1) is 18.6. The van der Waals surface area contributed by atoms with E-state index in [1.807, 2.05) is 24.5 Å². The number of ether oxygens (including phenoxy) is 1. The van der Waals surface area contributed by atoms with Gasteiger partial charge in [0.25, 0.3) is 0 Å². The van der Waals surface area contributed by atoms with Crippen molar-refractivity contribution in [3.8, 4) is 12.3 Å². The molecule has 0 aliphatic carbocycles.